The van der Waals surface area contributed by atoms with Crippen LogP contribution in [0.5, 0.6) is 0 Å². The maximum Gasteiger partial charge on any atom is 0.346 e. The van der Waals surface area contributed by atoms with Crippen molar-refractivity contribution < 1.29 is 32.6 Å². The monoisotopic (exact) mass is 440 g/mol. The third kappa shape index (κ3) is 4.94. The van der Waals surface area contributed by atoms with Crippen molar-refractivity contribution in [3.8, 4) is 0 Å². The number of thioether (sulfide) groups is 1. The normalized spacial score (nSPS) is 11.0. The Morgan fingerprint density at radius 2 is 1.41 bits per heavy atom. The molecule has 2 rings (SSSR count). The Bertz CT molecular complexity index is 1140. The molecule has 0 unspecified atom stereocenters. The maximum atomic E-state index is 12.2. The van der Waals surface area contributed by atoms with Gasteiger partial charge < -0.3 is 4.74 Å². The number of carbonyl (C=O) groups is 2. The molecular formula is C16H12N2O9S2. The van der Waals surface area contributed by atoms with Gasteiger partial charge in [0.25, 0.3) is 11.4 Å². The number of ether oxygens (including phenoxy) is 1. The van der Waals surface area contributed by atoms with Crippen LogP contribution in [0.3, 0.4) is 0 Å². The number of hydrogen-bond donors (Lipinski definition) is 0. The Morgan fingerprint density at radius 3 is 1.86 bits per heavy atom. The van der Waals surface area contributed by atoms with E-state index in [1.165, 1.54) is 12.1 Å². The summed E-state index contributed by atoms with van der Waals surface area (Å²) in [6, 6.07) is 5.96. The summed E-state index contributed by atoms with van der Waals surface area (Å²) >= 11 is 1.09. The lowest BCUT2D eigenvalue weighted by molar-refractivity contribution is -0.388. The van der Waals surface area contributed by atoms with E-state index in [9.17, 15) is 38.2 Å². The first-order valence-corrected chi connectivity index (χ1v) is 10.6. The smallest absolute Gasteiger partial charge is 0.346 e. The van der Waals surface area contributed by atoms with Crippen molar-refractivity contribution in [2.75, 3.05) is 12.5 Å². The zero-order valence-corrected chi connectivity index (χ0v) is 16.5. The molecule has 0 N–H and O–H groups in total. The third-order valence-electron chi connectivity index (χ3n) is 3.59. The van der Waals surface area contributed by atoms with Crippen LogP contribution in [0.2, 0.25) is 0 Å². The number of benzene rings is 2. The lowest BCUT2D eigenvalue weighted by Gasteiger charge is -2.06. The maximum absolute atomic E-state index is 12.2. The molecule has 152 valence electrons. The number of rotatable bonds is 6. The summed E-state index contributed by atoms with van der Waals surface area (Å²) < 4.78 is 27.8. The van der Waals surface area contributed by atoms with Crippen molar-refractivity contribution in [2.45, 2.75) is 9.79 Å². The van der Waals surface area contributed by atoms with Crippen LogP contribution in [-0.2, 0) is 14.6 Å². The fraction of sp³-hybridized carbons (Fsp3) is 0.125. The number of sulfone groups is 1. The van der Waals surface area contributed by atoms with Crippen LogP contribution < -0.4 is 0 Å². The Kier molecular flexibility index (Phi) is 6.34. The van der Waals surface area contributed by atoms with Gasteiger partial charge in [-0.25, -0.2) is 18.0 Å². The molecule has 0 aliphatic carbocycles. The van der Waals surface area contributed by atoms with Crippen molar-refractivity contribution in [3.63, 3.8) is 0 Å². The predicted molar refractivity (Wildman–Crippen MR) is 101 cm³/mol. The zero-order valence-electron chi connectivity index (χ0n) is 14.8. The van der Waals surface area contributed by atoms with Crippen molar-refractivity contribution in [2.24, 2.45) is 0 Å². The summed E-state index contributed by atoms with van der Waals surface area (Å²) in [6.07, 6.45) is 2.37. The Morgan fingerprint density at radius 1 is 0.931 bits per heavy atom. The summed E-state index contributed by atoms with van der Waals surface area (Å²) in [4.78, 5) is 44.5. The van der Waals surface area contributed by atoms with Crippen LogP contribution >= 0.6 is 11.8 Å². The van der Waals surface area contributed by atoms with Crippen molar-refractivity contribution in [1.29, 1.82) is 0 Å². The Labute approximate surface area is 167 Å². The first kappa shape index (κ1) is 22.0. The molecular weight excluding hydrogens is 428 g/mol. The van der Waals surface area contributed by atoms with Crippen molar-refractivity contribution in [1.82, 2.24) is 0 Å². The molecule has 0 amide bonds. The second-order valence-electron chi connectivity index (χ2n) is 5.53. The Balaban J connectivity index is 2.34. The van der Waals surface area contributed by atoms with Gasteiger partial charge in [-0.2, -0.15) is 0 Å². The van der Waals surface area contributed by atoms with Crippen LogP contribution in [0.4, 0.5) is 11.4 Å². The minimum Gasteiger partial charge on any atom is -0.386 e. The van der Waals surface area contributed by atoms with Crippen molar-refractivity contribution in [3.05, 3.63) is 67.8 Å². The van der Waals surface area contributed by atoms with Gasteiger partial charge in [-0.05, 0) is 30.5 Å². The molecule has 0 heterocycles. The summed E-state index contributed by atoms with van der Waals surface area (Å²) in [6.45, 7) is 0. The summed E-state index contributed by atoms with van der Waals surface area (Å²) in [7, 11) is -3.93. The van der Waals surface area contributed by atoms with E-state index in [4.69, 9.17) is 0 Å². The quantitative estimate of drug-likeness (QED) is 0.214. The molecule has 0 aromatic heterocycles. The standard InChI is InChI=1S/C16H12N2O9S2/c1-28-13-5-3-9(7-11(13)17(21)22)15(19)27-16(20)10-4-6-14(29(2,25)26)12(8-10)18(23)24/h3-8H,1-2H3. The molecule has 0 radical (unpaired) electrons. The second kappa shape index (κ2) is 8.36. The number of nitrogens with zero attached hydrogens (tertiary/aromatic N) is 2. The molecule has 2 aromatic carbocycles. The van der Waals surface area contributed by atoms with E-state index in [0.29, 0.717) is 11.0 Å². The second-order valence-corrected chi connectivity index (χ2v) is 8.36. The predicted octanol–water partition coefficient (Wildman–Crippen LogP) is 2.63. The topological polar surface area (TPSA) is 164 Å². The average molecular weight is 440 g/mol. The average Bonchev–Trinajstić information content (AvgIpc) is 2.65. The molecule has 0 aliphatic rings. The summed E-state index contributed by atoms with van der Waals surface area (Å²) in [5.41, 5.74) is -1.92. The molecule has 0 saturated heterocycles. The first-order valence-electron chi connectivity index (χ1n) is 7.53. The lowest BCUT2D eigenvalue weighted by Crippen LogP contribution is -2.14. The fourth-order valence-corrected chi connectivity index (χ4v) is 3.64. The Hall–Kier alpha value is -3.32. The van der Waals surface area contributed by atoms with Crippen LogP contribution in [0.25, 0.3) is 0 Å². The SMILES string of the molecule is CSc1ccc(C(=O)OC(=O)c2ccc(S(C)(=O)=O)c([N+](=O)[O-])c2)cc1[N+](=O)[O-]. The molecule has 13 heteroatoms. The molecule has 0 fully saturated rings. The third-order valence-corrected chi connectivity index (χ3v) is 5.52. The zero-order chi connectivity index (χ0) is 21.9. The highest BCUT2D eigenvalue weighted by molar-refractivity contribution is 7.98. The van der Waals surface area contributed by atoms with E-state index < -0.39 is 47.8 Å². The van der Waals surface area contributed by atoms with Gasteiger partial charge in [-0.3, -0.25) is 20.2 Å². The minimum atomic E-state index is -3.93. The van der Waals surface area contributed by atoms with Crippen LogP contribution in [-0.4, -0.2) is 42.7 Å². The largest absolute Gasteiger partial charge is 0.386 e. The van der Waals surface area contributed by atoms with E-state index in [-0.39, 0.29) is 11.3 Å². The molecule has 11 nitrogen and oxygen atoms in total. The molecule has 0 spiro atoms. The highest BCUT2D eigenvalue weighted by Gasteiger charge is 2.26. The first-order chi connectivity index (χ1) is 13.5. The van der Waals surface area contributed by atoms with Crippen LogP contribution in [0.15, 0.2) is 46.2 Å². The number of carbonyl (C=O) groups excluding carboxylic acids is 2. The fourth-order valence-electron chi connectivity index (χ4n) is 2.26. The molecule has 0 atom stereocenters. The van der Waals surface area contributed by atoms with E-state index in [2.05, 4.69) is 4.74 Å². The minimum absolute atomic E-state index is 0.273. The van der Waals surface area contributed by atoms with E-state index in [1.807, 2.05) is 0 Å². The van der Waals surface area contributed by atoms with E-state index >= 15 is 0 Å². The molecule has 0 saturated carbocycles. The van der Waals surface area contributed by atoms with E-state index in [0.717, 1.165) is 36.2 Å². The molecule has 2 aromatic rings. The number of nitro groups is 2. The number of esters is 2. The number of hydrogen-bond acceptors (Lipinski definition) is 10. The summed E-state index contributed by atoms with van der Waals surface area (Å²) in [5, 5.41) is 22.2. The molecule has 0 aliphatic heterocycles. The van der Waals surface area contributed by atoms with Crippen molar-refractivity contribution >= 4 is 44.9 Å². The van der Waals surface area contributed by atoms with Crippen LogP contribution in [0, 0.1) is 20.2 Å². The molecule has 29 heavy (non-hydrogen) atoms. The van der Waals surface area contributed by atoms with Gasteiger partial charge in [-0.15, -0.1) is 11.8 Å². The van der Waals surface area contributed by atoms with Gasteiger partial charge >= 0.3 is 11.9 Å². The highest BCUT2D eigenvalue weighted by Crippen LogP contribution is 2.29. The molecule has 0 bridgehead atoms. The van der Waals surface area contributed by atoms with Gasteiger partial charge in [-0.1, -0.05) is 0 Å². The van der Waals surface area contributed by atoms with Gasteiger partial charge in [0.1, 0.15) is 4.90 Å². The number of nitro benzene ring substituents is 2. The van der Waals surface area contributed by atoms with Gasteiger partial charge in [0, 0.05) is 18.4 Å². The van der Waals surface area contributed by atoms with Gasteiger partial charge in [0.2, 0.25) is 0 Å². The summed E-state index contributed by atoms with van der Waals surface area (Å²) in [5.74, 6) is -2.49. The van der Waals surface area contributed by atoms with E-state index in [1.54, 1.807) is 6.26 Å². The van der Waals surface area contributed by atoms with Crippen LogP contribution in [0.1, 0.15) is 20.7 Å². The highest BCUT2D eigenvalue weighted by atomic mass is 32.2. The van der Waals surface area contributed by atoms with Gasteiger partial charge in [0.15, 0.2) is 9.84 Å². The lowest BCUT2D eigenvalue weighted by atomic mass is 10.2. The van der Waals surface area contributed by atoms with Gasteiger partial charge in [0.05, 0.1) is 25.9 Å².